The van der Waals surface area contributed by atoms with Gasteiger partial charge in [0.25, 0.3) is 0 Å². The van der Waals surface area contributed by atoms with E-state index in [1.165, 1.54) is 0 Å². The van der Waals surface area contributed by atoms with Crippen LogP contribution >= 0.6 is 0 Å². The Hall–Kier alpha value is -2.25. The third-order valence-corrected chi connectivity index (χ3v) is 4.18. The SMILES string of the molecule is CC1N(CO)C=CN1Cc1cccc(CN2C=CN(CO)C2)n1. The first kappa shape index (κ1) is 15.6. The summed E-state index contributed by atoms with van der Waals surface area (Å²) in [4.78, 5) is 12.7. The molecule has 1 aromatic rings. The second kappa shape index (κ2) is 6.89. The Bertz CT molecular complexity index is 592. The van der Waals surface area contributed by atoms with Gasteiger partial charge < -0.3 is 29.8 Å². The van der Waals surface area contributed by atoms with Crippen molar-refractivity contribution >= 4 is 0 Å². The molecule has 7 nitrogen and oxygen atoms in total. The molecule has 0 saturated heterocycles. The second-order valence-electron chi connectivity index (χ2n) is 5.79. The van der Waals surface area contributed by atoms with Crippen LogP contribution in [0.25, 0.3) is 0 Å². The van der Waals surface area contributed by atoms with E-state index in [2.05, 4.69) is 16.7 Å². The topological polar surface area (TPSA) is 66.3 Å². The van der Waals surface area contributed by atoms with E-state index in [0.717, 1.165) is 17.9 Å². The predicted octanol–water partition coefficient (Wildman–Crippen LogP) is 0.462. The Morgan fingerprint density at radius 1 is 0.957 bits per heavy atom. The van der Waals surface area contributed by atoms with Crippen LogP contribution in [0.3, 0.4) is 0 Å². The number of hydrogen-bond donors (Lipinski definition) is 2. The van der Waals surface area contributed by atoms with E-state index >= 15 is 0 Å². The maximum atomic E-state index is 9.26. The summed E-state index contributed by atoms with van der Waals surface area (Å²) in [6.45, 7) is 4.21. The van der Waals surface area contributed by atoms with Crippen molar-refractivity contribution in [3.05, 3.63) is 54.4 Å². The predicted molar refractivity (Wildman–Crippen MR) is 85.8 cm³/mol. The summed E-state index contributed by atoms with van der Waals surface area (Å²) >= 11 is 0. The first-order valence-electron chi connectivity index (χ1n) is 7.72. The van der Waals surface area contributed by atoms with Gasteiger partial charge in [0.05, 0.1) is 31.1 Å². The molecular weight excluding hydrogens is 294 g/mol. The molecule has 0 aromatic carbocycles. The van der Waals surface area contributed by atoms with Crippen molar-refractivity contribution in [3.63, 3.8) is 0 Å². The third-order valence-electron chi connectivity index (χ3n) is 4.18. The average Bonchev–Trinajstić information content (AvgIpc) is 3.15. The maximum absolute atomic E-state index is 9.26. The molecule has 0 bridgehead atoms. The van der Waals surface area contributed by atoms with Gasteiger partial charge in [0, 0.05) is 24.8 Å². The van der Waals surface area contributed by atoms with Crippen molar-refractivity contribution in [2.75, 3.05) is 20.1 Å². The number of aromatic nitrogens is 1. The minimum atomic E-state index is 0.0181. The molecule has 7 heteroatoms. The Morgan fingerprint density at radius 2 is 1.65 bits per heavy atom. The lowest BCUT2D eigenvalue weighted by atomic mass is 10.2. The molecule has 23 heavy (non-hydrogen) atoms. The van der Waals surface area contributed by atoms with Crippen molar-refractivity contribution < 1.29 is 10.2 Å². The molecule has 1 aromatic heterocycles. The monoisotopic (exact) mass is 317 g/mol. The molecule has 0 saturated carbocycles. The molecule has 3 heterocycles. The molecule has 0 amide bonds. The van der Waals surface area contributed by atoms with Gasteiger partial charge in [-0.2, -0.15) is 0 Å². The van der Waals surface area contributed by atoms with E-state index < -0.39 is 0 Å². The minimum absolute atomic E-state index is 0.0181. The summed E-state index contributed by atoms with van der Waals surface area (Å²) in [7, 11) is 0. The highest BCUT2D eigenvalue weighted by atomic mass is 16.3. The summed E-state index contributed by atoms with van der Waals surface area (Å²) in [5.74, 6) is 0. The zero-order valence-electron chi connectivity index (χ0n) is 13.3. The summed E-state index contributed by atoms with van der Waals surface area (Å²) in [5, 5.41) is 18.4. The highest BCUT2D eigenvalue weighted by Gasteiger charge is 2.21. The van der Waals surface area contributed by atoms with Crippen LogP contribution in [0.2, 0.25) is 0 Å². The van der Waals surface area contributed by atoms with E-state index in [4.69, 9.17) is 10.1 Å². The van der Waals surface area contributed by atoms with E-state index in [1.54, 1.807) is 0 Å². The first-order chi connectivity index (χ1) is 11.2. The molecular formula is C16H23N5O2. The molecule has 2 N–H and O–H groups in total. The molecule has 0 radical (unpaired) electrons. The fourth-order valence-corrected chi connectivity index (χ4v) is 2.77. The van der Waals surface area contributed by atoms with E-state index in [1.807, 2.05) is 52.8 Å². The zero-order valence-corrected chi connectivity index (χ0v) is 13.3. The lowest BCUT2D eigenvalue weighted by molar-refractivity contribution is 0.0742. The molecule has 3 rings (SSSR count). The number of pyridine rings is 1. The lowest BCUT2D eigenvalue weighted by Crippen LogP contribution is -2.36. The van der Waals surface area contributed by atoms with Crippen molar-refractivity contribution in [2.24, 2.45) is 0 Å². The highest BCUT2D eigenvalue weighted by molar-refractivity contribution is 5.13. The molecule has 0 fully saturated rings. The minimum Gasteiger partial charge on any atom is -0.376 e. The first-order valence-corrected chi connectivity index (χ1v) is 7.72. The van der Waals surface area contributed by atoms with Gasteiger partial charge in [-0.3, -0.25) is 4.98 Å². The van der Waals surface area contributed by atoms with Gasteiger partial charge in [-0.1, -0.05) is 6.07 Å². The molecule has 2 aliphatic heterocycles. The third kappa shape index (κ3) is 3.57. The van der Waals surface area contributed by atoms with Crippen LogP contribution in [0.15, 0.2) is 43.0 Å². The standard InChI is InChI=1S/C16H23N5O2/c1-14-20(7-8-21(14)13-23)10-16-4-2-3-15(17-16)9-18-5-6-19(11-18)12-22/h2-8,14,22-23H,9-13H2,1H3. The van der Waals surface area contributed by atoms with Crippen molar-refractivity contribution in [1.82, 2.24) is 24.6 Å². The Labute approximate surface area is 136 Å². The van der Waals surface area contributed by atoms with Crippen LogP contribution in [0.4, 0.5) is 0 Å². The molecule has 0 aliphatic carbocycles. The Kier molecular flexibility index (Phi) is 4.68. The summed E-state index contributed by atoms with van der Waals surface area (Å²) < 4.78 is 0. The fraction of sp³-hybridized carbons (Fsp3) is 0.438. The van der Waals surface area contributed by atoms with Crippen LogP contribution in [0, 0.1) is 0 Å². The molecule has 0 spiro atoms. The number of rotatable bonds is 6. The second-order valence-corrected chi connectivity index (χ2v) is 5.79. The van der Waals surface area contributed by atoms with Gasteiger partial charge in [0.2, 0.25) is 0 Å². The summed E-state index contributed by atoms with van der Waals surface area (Å²) in [6, 6.07) is 6.06. The van der Waals surface area contributed by atoms with Gasteiger partial charge in [-0.05, 0) is 19.1 Å². The Morgan fingerprint density at radius 3 is 2.30 bits per heavy atom. The molecule has 1 atom stereocenters. The number of aliphatic hydroxyl groups excluding tert-OH is 2. The maximum Gasteiger partial charge on any atom is 0.117 e. The molecule has 1 unspecified atom stereocenters. The quantitative estimate of drug-likeness (QED) is 0.790. The van der Waals surface area contributed by atoms with E-state index in [-0.39, 0.29) is 19.6 Å². The van der Waals surface area contributed by atoms with Gasteiger partial charge >= 0.3 is 0 Å². The fourth-order valence-electron chi connectivity index (χ4n) is 2.77. The van der Waals surface area contributed by atoms with Gasteiger partial charge in [0.1, 0.15) is 19.6 Å². The Balaban J connectivity index is 1.60. The van der Waals surface area contributed by atoms with Crippen LogP contribution < -0.4 is 0 Å². The van der Waals surface area contributed by atoms with Crippen molar-refractivity contribution in [3.8, 4) is 0 Å². The van der Waals surface area contributed by atoms with Crippen LogP contribution in [0.5, 0.6) is 0 Å². The molecule has 2 aliphatic rings. The zero-order chi connectivity index (χ0) is 16.2. The normalized spacial score (nSPS) is 20.2. The average molecular weight is 317 g/mol. The van der Waals surface area contributed by atoms with E-state index in [9.17, 15) is 5.11 Å². The number of hydrogen-bond acceptors (Lipinski definition) is 7. The van der Waals surface area contributed by atoms with Crippen LogP contribution in [-0.2, 0) is 13.1 Å². The van der Waals surface area contributed by atoms with Gasteiger partial charge in [-0.15, -0.1) is 0 Å². The highest BCUT2D eigenvalue weighted by Crippen LogP contribution is 2.18. The van der Waals surface area contributed by atoms with Gasteiger partial charge in [0.15, 0.2) is 0 Å². The van der Waals surface area contributed by atoms with Gasteiger partial charge in [-0.25, -0.2) is 0 Å². The van der Waals surface area contributed by atoms with Crippen molar-refractivity contribution in [2.45, 2.75) is 26.2 Å². The molecule has 124 valence electrons. The largest absolute Gasteiger partial charge is 0.376 e. The number of aliphatic hydroxyl groups is 2. The smallest absolute Gasteiger partial charge is 0.117 e. The summed E-state index contributed by atoms with van der Waals surface area (Å²) in [5.41, 5.74) is 2.00. The van der Waals surface area contributed by atoms with Crippen molar-refractivity contribution in [1.29, 1.82) is 0 Å². The van der Waals surface area contributed by atoms with Crippen LogP contribution in [0.1, 0.15) is 18.3 Å². The van der Waals surface area contributed by atoms with E-state index in [0.29, 0.717) is 13.2 Å². The number of nitrogens with zero attached hydrogens (tertiary/aromatic N) is 5. The summed E-state index contributed by atoms with van der Waals surface area (Å²) in [6.07, 6.45) is 7.86. The van der Waals surface area contributed by atoms with Crippen LogP contribution in [-0.4, -0.2) is 61.1 Å². The lowest BCUT2D eigenvalue weighted by Gasteiger charge is -2.28.